The maximum atomic E-state index is 8.79. The van der Waals surface area contributed by atoms with Crippen molar-refractivity contribution in [1.82, 2.24) is 0 Å². The molecule has 0 saturated heterocycles. The fraction of sp³-hybridized carbons (Fsp3) is 0.429. The Hall–Kier alpha value is -0.850. The standard InChI is InChI=1S/C14H15IN2S/c1-2-3-4-5-6-12-8-14(15)18-13(12)7-11(9-16)10-17/h7-8H,2-6H2,1H3. The zero-order chi connectivity index (χ0) is 13.4. The summed E-state index contributed by atoms with van der Waals surface area (Å²) in [6, 6.07) is 6.00. The Kier molecular flexibility index (Phi) is 7.00. The van der Waals surface area contributed by atoms with Crippen molar-refractivity contribution in [3.8, 4) is 12.1 Å². The average molecular weight is 370 g/mol. The number of hydrogen-bond acceptors (Lipinski definition) is 3. The number of thiophene rings is 1. The van der Waals surface area contributed by atoms with Crippen LogP contribution in [0.4, 0.5) is 0 Å². The first-order chi connectivity index (χ1) is 8.71. The molecule has 0 amide bonds. The molecule has 0 N–H and O–H groups in total. The molecule has 1 aromatic heterocycles. The minimum Gasteiger partial charge on any atom is -0.192 e. The van der Waals surface area contributed by atoms with E-state index in [1.165, 1.54) is 34.1 Å². The van der Waals surface area contributed by atoms with E-state index in [9.17, 15) is 0 Å². The second-order valence-electron chi connectivity index (χ2n) is 4.03. The molecular formula is C14H15IN2S. The van der Waals surface area contributed by atoms with Crippen LogP contribution in [0.5, 0.6) is 0 Å². The highest BCUT2D eigenvalue weighted by Crippen LogP contribution is 2.27. The van der Waals surface area contributed by atoms with E-state index in [4.69, 9.17) is 10.5 Å². The third kappa shape index (κ3) is 4.80. The van der Waals surface area contributed by atoms with Gasteiger partial charge in [-0.15, -0.1) is 11.3 Å². The zero-order valence-electron chi connectivity index (χ0n) is 10.4. The van der Waals surface area contributed by atoms with Crippen LogP contribution in [-0.2, 0) is 6.42 Å². The molecular weight excluding hydrogens is 355 g/mol. The molecule has 0 bridgehead atoms. The lowest BCUT2D eigenvalue weighted by Gasteiger charge is -2.00. The molecule has 0 aliphatic heterocycles. The van der Waals surface area contributed by atoms with E-state index in [2.05, 4.69) is 35.6 Å². The maximum absolute atomic E-state index is 8.79. The van der Waals surface area contributed by atoms with Gasteiger partial charge in [0.25, 0.3) is 0 Å². The molecule has 0 aromatic carbocycles. The molecule has 0 spiro atoms. The molecule has 94 valence electrons. The summed E-state index contributed by atoms with van der Waals surface area (Å²) in [4.78, 5) is 1.06. The van der Waals surface area contributed by atoms with Crippen molar-refractivity contribution in [1.29, 1.82) is 10.5 Å². The molecule has 0 saturated carbocycles. The van der Waals surface area contributed by atoms with Gasteiger partial charge in [0.15, 0.2) is 0 Å². The highest BCUT2D eigenvalue weighted by Gasteiger charge is 2.07. The van der Waals surface area contributed by atoms with Crippen molar-refractivity contribution in [3.05, 3.63) is 25.0 Å². The highest BCUT2D eigenvalue weighted by molar-refractivity contribution is 14.1. The van der Waals surface area contributed by atoms with Crippen LogP contribution in [-0.4, -0.2) is 0 Å². The van der Waals surface area contributed by atoms with Crippen LogP contribution in [0.25, 0.3) is 6.08 Å². The van der Waals surface area contributed by atoms with Crippen LogP contribution >= 0.6 is 33.9 Å². The smallest absolute Gasteiger partial charge is 0.131 e. The van der Waals surface area contributed by atoms with Crippen LogP contribution in [0.3, 0.4) is 0 Å². The minimum atomic E-state index is 0.183. The fourth-order valence-electron chi connectivity index (χ4n) is 1.69. The van der Waals surface area contributed by atoms with Crippen molar-refractivity contribution < 1.29 is 0 Å². The van der Waals surface area contributed by atoms with Gasteiger partial charge in [0.05, 0.1) is 2.88 Å². The molecule has 0 aliphatic carbocycles. The quantitative estimate of drug-likeness (QED) is 0.406. The molecule has 18 heavy (non-hydrogen) atoms. The van der Waals surface area contributed by atoms with E-state index in [0.717, 1.165) is 11.3 Å². The Labute approximate surface area is 126 Å². The van der Waals surface area contributed by atoms with Crippen molar-refractivity contribution in [2.45, 2.75) is 39.0 Å². The van der Waals surface area contributed by atoms with Crippen LogP contribution in [0.1, 0.15) is 43.0 Å². The largest absolute Gasteiger partial charge is 0.192 e. The molecule has 0 unspecified atom stereocenters. The maximum Gasteiger partial charge on any atom is 0.131 e. The summed E-state index contributed by atoms with van der Waals surface area (Å²) in [5.74, 6) is 0. The third-order valence-corrected chi connectivity index (χ3v) is 4.51. The summed E-state index contributed by atoms with van der Waals surface area (Å²) in [6.07, 6.45) is 7.68. The van der Waals surface area contributed by atoms with Gasteiger partial charge < -0.3 is 0 Å². The van der Waals surface area contributed by atoms with Gasteiger partial charge in [-0.2, -0.15) is 10.5 Å². The van der Waals surface area contributed by atoms with Gasteiger partial charge in [0, 0.05) is 4.88 Å². The first-order valence-electron chi connectivity index (χ1n) is 6.01. The third-order valence-electron chi connectivity index (χ3n) is 2.63. The van der Waals surface area contributed by atoms with Crippen molar-refractivity contribution in [3.63, 3.8) is 0 Å². The van der Waals surface area contributed by atoms with E-state index in [1.54, 1.807) is 17.4 Å². The number of nitrogens with zero attached hydrogens (tertiary/aromatic N) is 2. The van der Waals surface area contributed by atoms with Gasteiger partial charge in [-0.1, -0.05) is 26.2 Å². The van der Waals surface area contributed by atoms with E-state index >= 15 is 0 Å². The summed E-state index contributed by atoms with van der Waals surface area (Å²) in [5.41, 5.74) is 1.45. The van der Waals surface area contributed by atoms with Crippen molar-refractivity contribution in [2.24, 2.45) is 0 Å². The number of unbranched alkanes of at least 4 members (excludes halogenated alkanes) is 3. The molecule has 4 heteroatoms. The Balaban J connectivity index is 2.78. The molecule has 1 aromatic rings. The van der Waals surface area contributed by atoms with E-state index in [0.29, 0.717) is 0 Å². The number of rotatable bonds is 6. The summed E-state index contributed by atoms with van der Waals surface area (Å²) in [5, 5.41) is 17.6. The number of allylic oxidation sites excluding steroid dienone is 1. The van der Waals surface area contributed by atoms with Crippen LogP contribution in [0.2, 0.25) is 0 Å². The molecule has 1 heterocycles. The topological polar surface area (TPSA) is 47.6 Å². The lowest BCUT2D eigenvalue weighted by molar-refractivity contribution is 0.667. The van der Waals surface area contributed by atoms with Crippen LogP contribution < -0.4 is 0 Å². The van der Waals surface area contributed by atoms with Crippen molar-refractivity contribution in [2.75, 3.05) is 0 Å². The second kappa shape index (κ2) is 8.29. The van der Waals surface area contributed by atoms with Gasteiger partial charge in [-0.25, -0.2) is 0 Å². The number of hydrogen-bond donors (Lipinski definition) is 0. The normalized spacial score (nSPS) is 9.56. The van der Waals surface area contributed by atoms with Gasteiger partial charge in [-0.05, 0) is 53.1 Å². The number of halogens is 1. The predicted octanol–water partition coefficient (Wildman–Crippen LogP) is 4.91. The molecule has 2 nitrogen and oxygen atoms in total. The lowest BCUT2D eigenvalue weighted by Crippen LogP contribution is -1.86. The predicted molar refractivity (Wildman–Crippen MR) is 84.1 cm³/mol. The van der Waals surface area contributed by atoms with E-state index < -0.39 is 0 Å². The van der Waals surface area contributed by atoms with Crippen LogP contribution in [0, 0.1) is 25.5 Å². The SMILES string of the molecule is CCCCCCc1cc(I)sc1C=C(C#N)C#N. The number of nitriles is 2. The lowest BCUT2D eigenvalue weighted by atomic mass is 10.1. The zero-order valence-corrected chi connectivity index (χ0v) is 13.3. The first-order valence-corrected chi connectivity index (χ1v) is 7.91. The van der Waals surface area contributed by atoms with Gasteiger partial charge in [0.1, 0.15) is 17.7 Å². The summed E-state index contributed by atoms with van der Waals surface area (Å²) in [7, 11) is 0. The van der Waals surface area contributed by atoms with Gasteiger partial charge >= 0.3 is 0 Å². The Bertz CT molecular complexity index is 487. The Morgan fingerprint density at radius 2 is 2.06 bits per heavy atom. The Morgan fingerprint density at radius 1 is 1.33 bits per heavy atom. The van der Waals surface area contributed by atoms with Gasteiger partial charge in [0.2, 0.25) is 0 Å². The molecule has 0 fully saturated rings. The van der Waals surface area contributed by atoms with Gasteiger partial charge in [-0.3, -0.25) is 0 Å². The monoisotopic (exact) mass is 370 g/mol. The second-order valence-corrected chi connectivity index (χ2v) is 7.01. The summed E-state index contributed by atoms with van der Waals surface area (Å²) in [6.45, 7) is 2.20. The van der Waals surface area contributed by atoms with Crippen LogP contribution in [0.15, 0.2) is 11.6 Å². The number of aryl methyl sites for hydroxylation is 1. The molecule has 0 aliphatic rings. The fourth-order valence-corrected chi connectivity index (χ4v) is 3.66. The molecule has 1 rings (SSSR count). The van der Waals surface area contributed by atoms with E-state index in [-0.39, 0.29) is 5.57 Å². The molecule has 0 radical (unpaired) electrons. The average Bonchev–Trinajstić information content (AvgIpc) is 2.72. The first kappa shape index (κ1) is 15.2. The summed E-state index contributed by atoms with van der Waals surface area (Å²) < 4.78 is 1.21. The highest BCUT2D eigenvalue weighted by atomic mass is 127. The molecule has 0 atom stereocenters. The van der Waals surface area contributed by atoms with Crippen molar-refractivity contribution >= 4 is 40.0 Å². The Morgan fingerprint density at radius 3 is 2.67 bits per heavy atom. The summed E-state index contributed by atoms with van der Waals surface area (Å²) >= 11 is 3.93. The van der Waals surface area contributed by atoms with E-state index in [1.807, 2.05) is 12.1 Å². The minimum absolute atomic E-state index is 0.183.